The van der Waals surface area contributed by atoms with Crippen molar-refractivity contribution in [2.75, 3.05) is 20.0 Å². The molecular weight excluding hydrogens is 326 g/mol. The van der Waals surface area contributed by atoms with E-state index in [1.54, 1.807) is 38.5 Å². The van der Waals surface area contributed by atoms with Crippen LogP contribution in [0.15, 0.2) is 45.5 Å². The molecule has 1 aromatic carbocycles. The number of rotatable bonds is 6. The van der Waals surface area contributed by atoms with Crippen molar-refractivity contribution >= 4 is 11.8 Å². The molecule has 0 fully saturated rings. The Kier molecular flexibility index (Phi) is 4.60. The highest BCUT2D eigenvalue weighted by atomic mass is 16.5. The van der Waals surface area contributed by atoms with Gasteiger partial charge in [0.15, 0.2) is 23.0 Å². The van der Waals surface area contributed by atoms with E-state index in [9.17, 15) is 4.79 Å². The van der Waals surface area contributed by atoms with Crippen molar-refractivity contribution in [2.24, 2.45) is 0 Å². The van der Waals surface area contributed by atoms with Crippen LogP contribution < -0.4 is 20.5 Å². The highest BCUT2D eigenvalue weighted by Gasteiger charge is 2.24. The van der Waals surface area contributed by atoms with Gasteiger partial charge in [-0.25, -0.2) is 0 Å². The van der Waals surface area contributed by atoms with Crippen LogP contribution in [-0.2, 0) is 6.54 Å². The number of ether oxygens (including phenoxy) is 2. The van der Waals surface area contributed by atoms with Crippen molar-refractivity contribution in [1.29, 1.82) is 0 Å². The normalized spacial score (nSPS) is 10.5. The summed E-state index contributed by atoms with van der Waals surface area (Å²) < 4.78 is 20.6. The Labute approximate surface area is 143 Å². The number of nitrogens with two attached hydrogens (primary N) is 1. The van der Waals surface area contributed by atoms with Gasteiger partial charge in [-0.3, -0.25) is 4.79 Å². The van der Waals surface area contributed by atoms with Gasteiger partial charge >= 0.3 is 0 Å². The lowest BCUT2D eigenvalue weighted by Gasteiger charge is -2.10. The van der Waals surface area contributed by atoms with Crippen molar-refractivity contribution in [3.63, 3.8) is 0 Å². The van der Waals surface area contributed by atoms with Gasteiger partial charge in [0.1, 0.15) is 5.56 Å². The number of carbonyl (C=O) groups excluding carboxylic acids is 1. The average Bonchev–Trinajstić information content (AvgIpc) is 3.28. The summed E-state index contributed by atoms with van der Waals surface area (Å²) in [6.45, 7) is 0.265. The minimum Gasteiger partial charge on any atom is -0.493 e. The summed E-state index contributed by atoms with van der Waals surface area (Å²) in [5, 5.41) is 6.57. The molecule has 2 heterocycles. The van der Waals surface area contributed by atoms with Gasteiger partial charge in [-0.1, -0.05) is 11.2 Å². The first kappa shape index (κ1) is 16.4. The van der Waals surface area contributed by atoms with Gasteiger partial charge in [0.05, 0.1) is 20.5 Å². The number of amides is 1. The molecule has 0 spiro atoms. The Morgan fingerprint density at radius 2 is 2.04 bits per heavy atom. The third-order valence-corrected chi connectivity index (χ3v) is 3.60. The third-order valence-electron chi connectivity index (χ3n) is 3.60. The van der Waals surface area contributed by atoms with Gasteiger partial charge in [0.25, 0.3) is 5.91 Å². The number of nitrogen functional groups attached to an aromatic ring is 1. The minimum atomic E-state index is -0.417. The molecule has 0 aliphatic carbocycles. The van der Waals surface area contributed by atoms with Gasteiger partial charge in [-0.05, 0) is 29.8 Å². The Balaban J connectivity index is 1.77. The maximum Gasteiger partial charge on any atom is 0.259 e. The molecule has 0 saturated carbocycles. The van der Waals surface area contributed by atoms with Gasteiger partial charge in [0.2, 0.25) is 5.88 Å². The van der Waals surface area contributed by atoms with Gasteiger partial charge in [0, 0.05) is 6.54 Å². The largest absolute Gasteiger partial charge is 0.493 e. The quantitative estimate of drug-likeness (QED) is 0.707. The van der Waals surface area contributed by atoms with Crippen LogP contribution in [0.5, 0.6) is 11.5 Å². The summed E-state index contributed by atoms with van der Waals surface area (Å²) in [4.78, 5) is 12.5. The summed E-state index contributed by atoms with van der Waals surface area (Å²) >= 11 is 0. The lowest BCUT2D eigenvalue weighted by molar-refractivity contribution is 0.0952. The lowest BCUT2D eigenvalue weighted by atomic mass is 10.1. The number of carbonyl (C=O) groups is 1. The van der Waals surface area contributed by atoms with Crippen LogP contribution in [0.3, 0.4) is 0 Å². The zero-order valence-corrected chi connectivity index (χ0v) is 13.7. The molecule has 0 unspecified atom stereocenters. The van der Waals surface area contributed by atoms with Crippen LogP contribution in [0.1, 0.15) is 15.9 Å². The van der Waals surface area contributed by atoms with E-state index in [-0.39, 0.29) is 23.7 Å². The molecule has 0 atom stereocenters. The van der Waals surface area contributed by atoms with Crippen LogP contribution in [0.25, 0.3) is 11.5 Å². The Morgan fingerprint density at radius 3 is 2.72 bits per heavy atom. The molecule has 8 nitrogen and oxygen atoms in total. The molecule has 130 valence electrons. The fourth-order valence-corrected chi connectivity index (χ4v) is 2.37. The molecule has 0 bridgehead atoms. The van der Waals surface area contributed by atoms with Gasteiger partial charge < -0.3 is 29.5 Å². The van der Waals surface area contributed by atoms with Crippen LogP contribution in [0.2, 0.25) is 0 Å². The van der Waals surface area contributed by atoms with E-state index < -0.39 is 5.91 Å². The highest BCUT2D eigenvalue weighted by molar-refractivity contribution is 6.03. The zero-order valence-electron chi connectivity index (χ0n) is 13.7. The smallest absolute Gasteiger partial charge is 0.259 e. The van der Waals surface area contributed by atoms with E-state index in [2.05, 4.69) is 10.5 Å². The predicted molar refractivity (Wildman–Crippen MR) is 89.3 cm³/mol. The Morgan fingerprint density at radius 1 is 1.24 bits per heavy atom. The number of nitrogens with one attached hydrogen (secondary N) is 1. The molecule has 1 amide bonds. The highest BCUT2D eigenvalue weighted by Crippen LogP contribution is 2.29. The number of aromatic nitrogens is 1. The first-order chi connectivity index (χ1) is 12.1. The van der Waals surface area contributed by atoms with Gasteiger partial charge in [-0.15, -0.1) is 0 Å². The number of furan rings is 1. The summed E-state index contributed by atoms with van der Waals surface area (Å²) in [5.41, 5.74) is 6.96. The average molecular weight is 343 g/mol. The SMILES string of the molecule is COc1ccc(CNC(=O)c2c(-c3ccco3)noc2N)cc1OC. The van der Waals surface area contributed by atoms with E-state index in [1.807, 2.05) is 6.07 Å². The van der Waals surface area contributed by atoms with Crippen molar-refractivity contribution in [3.8, 4) is 23.0 Å². The second kappa shape index (κ2) is 7.00. The maximum absolute atomic E-state index is 12.5. The van der Waals surface area contributed by atoms with E-state index in [0.717, 1.165) is 5.56 Å². The fraction of sp³-hybridized carbons (Fsp3) is 0.176. The number of benzene rings is 1. The molecule has 3 N–H and O–H groups in total. The molecule has 3 aromatic rings. The topological polar surface area (TPSA) is 113 Å². The van der Waals surface area contributed by atoms with E-state index in [1.165, 1.54) is 6.26 Å². The molecule has 25 heavy (non-hydrogen) atoms. The summed E-state index contributed by atoms with van der Waals surface area (Å²) in [6, 6.07) is 8.73. The van der Waals surface area contributed by atoms with Crippen molar-refractivity contribution in [3.05, 3.63) is 47.7 Å². The van der Waals surface area contributed by atoms with Crippen molar-refractivity contribution < 1.29 is 23.2 Å². The number of anilines is 1. The third kappa shape index (κ3) is 3.27. The fourth-order valence-electron chi connectivity index (χ4n) is 2.37. The zero-order chi connectivity index (χ0) is 17.8. The molecule has 0 saturated heterocycles. The summed E-state index contributed by atoms with van der Waals surface area (Å²) in [7, 11) is 3.11. The van der Waals surface area contributed by atoms with E-state index in [0.29, 0.717) is 17.3 Å². The van der Waals surface area contributed by atoms with Crippen LogP contribution in [0, 0.1) is 0 Å². The van der Waals surface area contributed by atoms with E-state index >= 15 is 0 Å². The molecular formula is C17H17N3O5. The molecule has 0 aliphatic heterocycles. The molecule has 8 heteroatoms. The minimum absolute atomic E-state index is 0.0730. The Bertz CT molecular complexity index is 871. The summed E-state index contributed by atoms with van der Waals surface area (Å²) in [5.74, 6) is 1.10. The van der Waals surface area contributed by atoms with Crippen LogP contribution in [0.4, 0.5) is 5.88 Å². The van der Waals surface area contributed by atoms with Crippen LogP contribution in [-0.4, -0.2) is 25.3 Å². The number of hydrogen-bond donors (Lipinski definition) is 2. The standard InChI is InChI=1S/C17H17N3O5/c1-22-11-6-5-10(8-13(11)23-2)9-19-17(21)14-15(20-25-16(14)18)12-4-3-7-24-12/h3-8H,9,18H2,1-2H3,(H,19,21). The van der Waals surface area contributed by atoms with Crippen LogP contribution >= 0.6 is 0 Å². The molecule has 2 aromatic heterocycles. The second-order valence-electron chi connectivity index (χ2n) is 5.12. The molecule has 0 radical (unpaired) electrons. The second-order valence-corrected chi connectivity index (χ2v) is 5.12. The lowest BCUT2D eigenvalue weighted by Crippen LogP contribution is -2.23. The van der Waals surface area contributed by atoms with Crippen molar-refractivity contribution in [2.45, 2.75) is 6.54 Å². The van der Waals surface area contributed by atoms with E-state index in [4.69, 9.17) is 24.1 Å². The monoisotopic (exact) mass is 343 g/mol. The van der Waals surface area contributed by atoms with Crippen molar-refractivity contribution in [1.82, 2.24) is 10.5 Å². The summed E-state index contributed by atoms with van der Waals surface area (Å²) in [6.07, 6.45) is 1.48. The molecule has 0 aliphatic rings. The van der Waals surface area contributed by atoms with Gasteiger partial charge in [-0.2, -0.15) is 0 Å². The Hall–Kier alpha value is -3.42. The number of methoxy groups -OCH3 is 2. The predicted octanol–water partition coefficient (Wildman–Crippen LogP) is 2.46. The number of hydrogen-bond acceptors (Lipinski definition) is 7. The first-order valence-corrected chi connectivity index (χ1v) is 7.42. The number of nitrogens with zero attached hydrogens (tertiary/aromatic N) is 1. The molecule has 3 rings (SSSR count). The first-order valence-electron chi connectivity index (χ1n) is 7.42. The maximum atomic E-state index is 12.5.